The second kappa shape index (κ2) is 4.05. The summed E-state index contributed by atoms with van der Waals surface area (Å²) in [6, 6.07) is 13.0. The maximum absolute atomic E-state index is 2.49. The molecule has 0 atom stereocenters. The average Bonchev–Trinajstić information content (AvgIpc) is 2.83. The van der Waals surface area contributed by atoms with Crippen LogP contribution >= 0.6 is 33.9 Å². The van der Waals surface area contributed by atoms with Crippen molar-refractivity contribution in [3.63, 3.8) is 0 Å². The Morgan fingerprint density at radius 2 is 1.87 bits per heavy atom. The predicted octanol–water partition coefficient (Wildman–Crippen LogP) is 4.23. The van der Waals surface area contributed by atoms with Gasteiger partial charge in [-0.3, -0.25) is 0 Å². The summed E-state index contributed by atoms with van der Waals surface area (Å²) in [6.07, 6.45) is 0. The van der Waals surface area contributed by atoms with Gasteiger partial charge in [-0.25, -0.2) is 0 Å². The molecule has 0 spiro atoms. The van der Waals surface area contributed by atoms with E-state index in [0.717, 1.165) is 0 Å². The third-order valence-corrected chi connectivity index (χ3v) is 8.19. The summed E-state index contributed by atoms with van der Waals surface area (Å²) in [5, 5.41) is 3.67. The normalized spacial score (nSPS) is 11.0. The Balaban J connectivity index is 2.27. The molecule has 0 amide bonds. The third-order valence-electron chi connectivity index (χ3n) is 2.30. The van der Waals surface area contributed by atoms with Crippen molar-refractivity contribution in [2.75, 3.05) is 0 Å². The summed E-state index contributed by atoms with van der Waals surface area (Å²) in [7, 11) is 0. The van der Waals surface area contributed by atoms with E-state index in [4.69, 9.17) is 0 Å². The van der Waals surface area contributed by atoms with E-state index in [0.29, 0.717) is 14.5 Å². The van der Waals surface area contributed by atoms with Crippen molar-refractivity contribution < 1.29 is 0 Å². The molecular formula is C12H7ISSe. The molecule has 0 saturated heterocycles. The van der Waals surface area contributed by atoms with Gasteiger partial charge in [-0.15, -0.1) is 0 Å². The maximum atomic E-state index is 2.49. The van der Waals surface area contributed by atoms with E-state index in [1.165, 1.54) is 14.5 Å². The van der Waals surface area contributed by atoms with Crippen LogP contribution in [-0.2, 0) is 0 Å². The third kappa shape index (κ3) is 1.72. The molecule has 0 nitrogen and oxygen atoms in total. The standard InChI is InChI=1S/C12H7ISSe/c13-10-9-6-7-14-12(9)15-11(10)8-4-2-1-3-5-8/h1-7H. The number of benzene rings is 1. The molecule has 3 heteroatoms. The zero-order valence-corrected chi connectivity index (χ0v) is 12.4. The fourth-order valence-corrected chi connectivity index (χ4v) is 7.19. The molecule has 0 N–H and O–H groups in total. The van der Waals surface area contributed by atoms with Gasteiger partial charge in [-0.2, -0.15) is 0 Å². The SMILES string of the molecule is Ic1c(-c2ccccc2)[se]c2sccc12. The number of thiophene rings is 1. The zero-order chi connectivity index (χ0) is 10.3. The predicted molar refractivity (Wildman–Crippen MR) is 76.9 cm³/mol. The van der Waals surface area contributed by atoms with Crippen LogP contribution in [0.1, 0.15) is 0 Å². The Hall–Kier alpha value is -0.0905. The van der Waals surface area contributed by atoms with Crippen molar-refractivity contribution in [3.8, 4) is 10.0 Å². The van der Waals surface area contributed by atoms with Crippen LogP contribution in [0.5, 0.6) is 0 Å². The molecule has 0 bridgehead atoms. The van der Waals surface area contributed by atoms with E-state index in [2.05, 4.69) is 64.4 Å². The monoisotopic (exact) mass is 390 g/mol. The van der Waals surface area contributed by atoms with Gasteiger partial charge in [0.25, 0.3) is 0 Å². The van der Waals surface area contributed by atoms with Gasteiger partial charge in [-0.05, 0) is 0 Å². The minimum atomic E-state index is 0.515. The molecule has 3 aromatic rings. The Morgan fingerprint density at radius 1 is 1.07 bits per heavy atom. The molecule has 15 heavy (non-hydrogen) atoms. The molecule has 74 valence electrons. The van der Waals surface area contributed by atoms with E-state index in [1.807, 2.05) is 11.3 Å². The first kappa shape index (κ1) is 10.1. The topological polar surface area (TPSA) is 0 Å². The number of halogens is 1. The fourth-order valence-electron chi connectivity index (χ4n) is 1.57. The number of rotatable bonds is 1. The fraction of sp³-hybridized carbons (Fsp3) is 0. The van der Waals surface area contributed by atoms with E-state index < -0.39 is 0 Å². The molecule has 2 aromatic heterocycles. The van der Waals surface area contributed by atoms with Gasteiger partial charge in [0, 0.05) is 0 Å². The summed E-state index contributed by atoms with van der Waals surface area (Å²) < 4.78 is 4.58. The Bertz CT molecular complexity index is 594. The summed E-state index contributed by atoms with van der Waals surface area (Å²) in [6.45, 7) is 0. The van der Waals surface area contributed by atoms with Crippen LogP contribution in [0.25, 0.3) is 19.0 Å². The molecule has 0 aliphatic heterocycles. The number of hydrogen-bond acceptors (Lipinski definition) is 1. The molecular weight excluding hydrogens is 382 g/mol. The first-order chi connectivity index (χ1) is 7.36. The molecule has 0 radical (unpaired) electrons. The second-order valence-corrected chi connectivity index (χ2v) is 7.95. The zero-order valence-electron chi connectivity index (χ0n) is 7.74. The molecule has 0 fully saturated rings. The summed E-state index contributed by atoms with van der Waals surface area (Å²) in [5.74, 6) is 0. The van der Waals surface area contributed by atoms with E-state index in [9.17, 15) is 0 Å². The number of fused-ring (bicyclic) bond motifs is 1. The van der Waals surface area contributed by atoms with Gasteiger partial charge in [0.1, 0.15) is 0 Å². The number of hydrogen-bond donors (Lipinski definition) is 0. The molecule has 0 saturated carbocycles. The van der Waals surface area contributed by atoms with Gasteiger partial charge in [0.2, 0.25) is 0 Å². The molecule has 0 unspecified atom stereocenters. The van der Waals surface area contributed by atoms with Crippen LogP contribution < -0.4 is 0 Å². The van der Waals surface area contributed by atoms with Crippen LogP contribution in [0.3, 0.4) is 0 Å². The van der Waals surface area contributed by atoms with Crippen LogP contribution in [0, 0.1) is 3.57 Å². The Labute approximate surface area is 112 Å². The van der Waals surface area contributed by atoms with Gasteiger partial charge in [-0.1, -0.05) is 0 Å². The van der Waals surface area contributed by atoms with Gasteiger partial charge in [0.05, 0.1) is 0 Å². The quantitative estimate of drug-likeness (QED) is 0.432. The van der Waals surface area contributed by atoms with Crippen molar-refractivity contribution in [1.29, 1.82) is 0 Å². The first-order valence-corrected chi connectivity index (χ1v) is 8.24. The van der Waals surface area contributed by atoms with Crippen molar-refractivity contribution >= 4 is 57.4 Å². The molecule has 3 rings (SSSR count). The summed E-state index contributed by atoms with van der Waals surface area (Å²) in [4.78, 5) is 0. The molecule has 2 heterocycles. The Kier molecular flexibility index (Phi) is 2.73. The second-order valence-electron chi connectivity index (χ2n) is 3.23. The molecule has 0 aliphatic carbocycles. The van der Waals surface area contributed by atoms with Crippen LogP contribution in [0.4, 0.5) is 0 Å². The first-order valence-electron chi connectivity index (χ1n) is 4.57. The van der Waals surface area contributed by atoms with Crippen LogP contribution in [0.15, 0.2) is 41.8 Å². The summed E-state index contributed by atoms with van der Waals surface area (Å²) in [5.41, 5.74) is 1.39. The summed E-state index contributed by atoms with van der Waals surface area (Å²) >= 11 is 4.90. The van der Waals surface area contributed by atoms with Crippen LogP contribution in [0.2, 0.25) is 0 Å². The van der Waals surface area contributed by atoms with Crippen molar-refractivity contribution in [2.24, 2.45) is 0 Å². The molecule has 0 aliphatic rings. The average molecular weight is 389 g/mol. The van der Waals surface area contributed by atoms with Gasteiger partial charge < -0.3 is 0 Å². The van der Waals surface area contributed by atoms with Gasteiger partial charge >= 0.3 is 113 Å². The minimum absolute atomic E-state index is 0.515. The van der Waals surface area contributed by atoms with E-state index in [1.54, 1.807) is 8.01 Å². The van der Waals surface area contributed by atoms with Crippen LogP contribution in [-0.4, -0.2) is 14.5 Å². The van der Waals surface area contributed by atoms with Gasteiger partial charge in [0.15, 0.2) is 0 Å². The van der Waals surface area contributed by atoms with Crippen molar-refractivity contribution in [2.45, 2.75) is 0 Å². The van der Waals surface area contributed by atoms with Crippen molar-refractivity contribution in [3.05, 3.63) is 45.3 Å². The van der Waals surface area contributed by atoms with Crippen molar-refractivity contribution in [1.82, 2.24) is 0 Å². The Morgan fingerprint density at radius 3 is 2.60 bits per heavy atom. The molecule has 1 aromatic carbocycles. The van der Waals surface area contributed by atoms with E-state index >= 15 is 0 Å². The van der Waals surface area contributed by atoms with E-state index in [-0.39, 0.29) is 0 Å².